The zero-order valence-electron chi connectivity index (χ0n) is 13.5. The summed E-state index contributed by atoms with van der Waals surface area (Å²) >= 11 is 0. The Morgan fingerprint density at radius 2 is 1.82 bits per heavy atom. The lowest BCUT2D eigenvalue weighted by molar-refractivity contribution is -0.139. The van der Waals surface area contributed by atoms with Crippen LogP contribution in [-0.2, 0) is 16.1 Å². The fourth-order valence-corrected chi connectivity index (χ4v) is 2.20. The van der Waals surface area contributed by atoms with Gasteiger partial charge in [0.05, 0.1) is 6.10 Å². The van der Waals surface area contributed by atoms with E-state index in [-0.39, 0.29) is 6.61 Å². The van der Waals surface area contributed by atoms with Crippen LogP contribution in [0, 0.1) is 0 Å². The first-order chi connectivity index (χ1) is 10.7. The minimum atomic E-state index is -0.560. The van der Waals surface area contributed by atoms with Crippen molar-refractivity contribution in [1.82, 2.24) is 0 Å². The number of aliphatic hydroxyl groups excluding tert-OH is 1. The maximum absolute atomic E-state index is 11.5. The van der Waals surface area contributed by atoms with Crippen molar-refractivity contribution >= 4 is 5.97 Å². The van der Waals surface area contributed by atoms with Gasteiger partial charge >= 0.3 is 5.97 Å². The fourth-order valence-electron chi connectivity index (χ4n) is 2.20. The molecule has 1 aromatic rings. The van der Waals surface area contributed by atoms with Crippen molar-refractivity contribution in [2.24, 2.45) is 0 Å². The predicted molar refractivity (Wildman–Crippen MR) is 89.4 cm³/mol. The minimum Gasteiger partial charge on any atom is -0.458 e. The number of esters is 1. The molecule has 3 nitrogen and oxygen atoms in total. The van der Waals surface area contributed by atoms with Crippen LogP contribution in [0.25, 0.3) is 0 Å². The average Bonchev–Trinajstić information content (AvgIpc) is 2.55. The molecule has 1 aromatic carbocycles. The van der Waals surface area contributed by atoms with Gasteiger partial charge in [0.1, 0.15) is 6.61 Å². The van der Waals surface area contributed by atoms with Crippen molar-refractivity contribution in [3.05, 3.63) is 48.0 Å². The van der Waals surface area contributed by atoms with Crippen LogP contribution < -0.4 is 0 Å². The number of benzene rings is 1. The molecule has 0 aliphatic carbocycles. The van der Waals surface area contributed by atoms with E-state index in [1.807, 2.05) is 30.3 Å². The lowest BCUT2D eigenvalue weighted by Crippen LogP contribution is -2.05. The molecule has 0 unspecified atom stereocenters. The molecular weight excluding hydrogens is 276 g/mol. The van der Waals surface area contributed by atoms with E-state index < -0.39 is 12.1 Å². The largest absolute Gasteiger partial charge is 0.458 e. The van der Waals surface area contributed by atoms with Gasteiger partial charge in [-0.25, -0.2) is 4.79 Å². The zero-order chi connectivity index (χ0) is 16.0. The van der Waals surface area contributed by atoms with Crippen LogP contribution in [0.4, 0.5) is 0 Å². The van der Waals surface area contributed by atoms with E-state index in [2.05, 4.69) is 6.92 Å². The van der Waals surface area contributed by atoms with Gasteiger partial charge < -0.3 is 9.84 Å². The number of aliphatic hydroxyl groups is 1. The third-order valence-electron chi connectivity index (χ3n) is 3.53. The topological polar surface area (TPSA) is 46.5 Å². The van der Waals surface area contributed by atoms with Crippen LogP contribution in [0.1, 0.15) is 57.4 Å². The second-order valence-electron chi connectivity index (χ2n) is 5.58. The molecule has 0 aliphatic heterocycles. The molecule has 0 saturated carbocycles. The molecule has 0 radical (unpaired) electrons. The van der Waals surface area contributed by atoms with Crippen molar-refractivity contribution in [1.29, 1.82) is 0 Å². The molecular formula is C19H28O3. The van der Waals surface area contributed by atoms with Crippen molar-refractivity contribution in [2.45, 2.75) is 64.6 Å². The Hall–Kier alpha value is -1.61. The quantitative estimate of drug-likeness (QED) is 0.374. The van der Waals surface area contributed by atoms with E-state index in [9.17, 15) is 9.90 Å². The third-order valence-corrected chi connectivity index (χ3v) is 3.53. The number of carbonyl (C=O) groups excluding carboxylic acids is 1. The van der Waals surface area contributed by atoms with Crippen LogP contribution >= 0.6 is 0 Å². The summed E-state index contributed by atoms with van der Waals surface area (Å²) in [6.07, 6.45) is 10.2. The van der Waals surface area contributed by atoms with Gasteiger partial charge in [0.15, 0.2) is 0 Å². The summed E-state index contributed by atoms with van der Waals surface area (Å²) in [4.78, 5) is 11.5. The number of ether oxygens (including phenoxy) is 1. The highest BCUT2D eigenvalue weighted by Gasteiger charge is 2.02. The van der Waals surface area contributed by atoms with E-state index in [4.69, 9.17) is 4.74 Å². The fraction of sp³-hybridized carbons (Fsp3) is 0.526. The summed E-state index contributed by atoms with van der Waals surface area (Å²) in [6.45, 7) is 2.46. The summed E-state index contributed by atoms with van der Waals surface area (Å²) in [6, 6.07) is 9.55. The predicted octanol–water partition coefficient (Wildman–Crippen LogP) is 4.40. The van der Waals surface area contributed by atoms with Crippen LogP contribution in [0.15, 0.2) is 42.5 Å². The first-order valence-corrected chi connectivity index (χ1v) is 8.29. The van der Waals surface area contributed by atoms with Crippen LogP contribution in [-0.4, -0.2) is 17.2 Å². The molecule has 1 rings (SSSR count). The van der Waals surface area contributed by atoms with Gasteiger partial charge in [-0.15, -0.1) is 0 Å². The molecule has 122 valence electrons. The Morgan fingerprint density at radius 1 is 1.14 bits per heavy atom. The SMILES string of the molecule is CCCCCCCC[C@H](O)C=CC(=O)OCc1ccccc1. The molecule has 0 bridgehead atoms. The van der Waals surface area contributed by atoms with E-state index >= 15 is 0 Å². The average molecular weight is 304 g/mol. The Kier molecular flexibility index (Phi) is 10.0. The van der Waals surface area contributed by atoms with E-state index in [1.165, 1.54) is 37.8 Å². The molecule has 0 aliphatic rings. The number of hydrogen-bond donors (Lipinski definition) is 1. The first kappa shape index (κ1) is 18.4. The van der Waals surface area contributed by atoms with E-state index in [0.717, 1.165) is 18.4 Å². The maximum Gasteiger partial charge on any atom is 0.330 e. The standard InChI is InChI=1S/C19H28O3/c1-2-3-4-5-6-10-13-18(20)14-15-19(21)22-16-17-11-8-7-9-12-17/h7-9,11-12,14-15,18,20H,2-6,10,13,16H2,1H3/t18-/m0/s1. The van der Waals surface area contributed by atoms with E-state index in [1.54, 1.807) is 0 Å². The van der Waals surface area contributed by atoms with Crippen molar-refractivity contribution in [3.63, 3.8) is 0 Å². The Morgan fingerprint density at radius 3 is 2.55 bits per heavy atom. The van der Waals surface area contributed by atoms with Gasteiger partial charge in [0, 0.05) is 6.08 Å². The van der Waals surface area contributed by atoms with Crippen LogP contribution in [0.3, 0.4) is 0 Å². The lowest BCUT2D eigenvalue weighted by Gasteiger charge is -2.05. The van der Waals surface area contributed by atoms with Gasteiger partial charge in [-0.3, -0.25) is 0 Å². The maximum atomic E-state index is 11.5. The van der Waals surface area contributed by atoms with E-state index in [0.29, 0.717) is 6.42 Å². The summed E-state index contributed by atoms with van der Waals surface area (Å²) in [5.74, 6) is -0.411. The molecule has 0 amide bonds. The monoisotopic (exact) mass is 304 g/mol. The summed E-state index contributed by atoms with van der Waals surface area (Å²) in [7, 11) is 0. The molecule has 0 spiro atoms. The normalized spacial score (nSPS) is 12.5. The minimum absolute atomic E-state index is 0.261. The Labute approximate surface area is 134 Å². The van der Waals surface area contributed by atoms with Crippen molar-refractivity contribution in [3.8, 4) is 0 Å². The van der Waals surface area contributed by atoms with Crippen LogP contribution in [0.2, 0.25) is 0 Å². The molecule has 22 heavy (non-hydrogen) atoms. The highest BCUT2D eigenvalue weighted by atomic mass is 16.5. The zero-order valence-corrected chi connectivity index (χ0v) is 13.5. The molecule has 1 atom stereocenters. The van der Waals surface area contributed by atoms with Gasteiger partial charge in [0.2, 0.25) is 0 Å². The van der Waals surface area contributed by atoms with Crippen molar-refractivity contribution < 1.29 is 14.6 Å². The summed E-state index contributed by atoms with van der Waals surface area (Å²) in [5, 5.41) is 9.79. The highest BCUT2D eigenvalue weighted by Crippen LogP contribution is 2.09. The van der Waals surface area contributed by atoms with Gasteiger partial charge in [0.25, 0.3) is 0 Å². The molecule has 0 aromatic heterocycles. The molecule has 0 fully saturated rings. The Balaban J connectivity index is 2.10. The number of unbranched alkanes of at least 4 members (excludes halogenated alkanes) is 5. The molecule has 0 heterocycles. The molecule has 0 saturated heterocycles. The van der Waals surface area contributed by atoms with Gasteiger partial charge in [-0.1, -0.05) is 75.8 Å². The molecule has 3 heteroatoms. The smallest absolute Gasteiger partial charge is 0.330 e. The summed E-state index contributed by atoms with van der Waals surface area (Å²) < 4.78 is 5.11. The van der Waals surface area contributed by atoms with Gasteiger partial charge in [-0.2, -0.15) is 0 Å². The third kappa shape index (κ3) is 9.35. The van der Waals surface area contributed by atoms with Gasteiger partial charge in [-0.05, 0) is 18.1 Å². The second-order valence-corrected chi connectivity index (χ2v) is 5.58. The Bertz CT molecular complexity index is 426. The number of hydrogen-bond acceptors (Lipinski definition) is 3. The lowest BCUT2D eigenvalue weighted by atomic mass is 10.1. The first-order valence-electron chi connectivity index (χ1n) is 8.29. The molecule has 1 N–H and O–H groups in total. The second kappa shape index (κ2) is 12.0. The van der Waals surface area contributed by atoms with Crippen molar-refractivity contribution in [2.75, 3.05) is 0 Å². The number of carbonyl (C=O) groups is 1. The summed E-state index contributed by atoms with van der Waals surface area (Å²) in [5.41, 5.74) is 0.955. The highest BCUT2D eigenvalue weighted by molar-refractivity contribution is 5.81. The number of rotatable bonds is 11. The van der Waals surface area contributed by atoms with Crippen LogP contribution in [0.5, 0.6) is 0 Å².